The van der Waals surface area contributed by atoms with Crippen molar-refractivity contribution in [1.29, 1.82) is 0 Å². The summed E-state index contributed by atoms with van der Waals surface area (Å²) in [7, 11) is 0. The number of thiazole rings is 1. The Kier molecular flexibility index (Phi) is 4.69. The molecule has 0 aliphatic carbocycles. The first-order valence-corrected chi connectivity index (χ1v) is 8.03. The van der Waals surface area contributed by atoms with Gasteiger partial charge >= 0.3 is 0 Å². The van der Waals surface area contributed by atoms with Crippen LogP contribution in [0, 0.1) is 20.8 Å². The van der Waals surface area contributed by atoms with Crippen LogP contribution in [0.1, 0.15) is 40.4 Å². The van der Waals surface area contributed by atoms with Gasteiger partial charge in [0.05, 0.1) is 11.6 Å². The van der Waals surface area contributed by atoms with E-state index in [0.29, 0.717) is 6.61 Å². The number of aryl methyl sites for hydroxylation is 2. The number of ether oxygens (including phenoxy) is 1. The minimum Gasteiger partial charge on any atom is -0.493 e. The lowest BCUT2D eigenvalue weighted by atomic mass is 10.1. The molecule has 2 aromatic rings. The van der Waals surface area contributed by atoms with E-state index in [0.717, 1.165) is 22.1 Å². The molecule has 0 aliphatic heterocycles. The van der Waals surface area contributed by atoms with Gasteiger partial charge in [-0.2, -0.15) is 0 Å². The molecular formula is C17H24N2OS. The first kappa shape index (κ1) is 16.0. The zero-order valence-corrected chi connectivity index (χ0v) is 14.3. The molecule has 2 N–H and O–H groups in total. The quantitative estimate of drug-likeness (QED) is 0.912. The van der Waals surface area contributed by atoms with Gasteiger partial charge in [-0.05, 0) is 57.4 Å². The number of rotatable bonds is 5. The molecule has 1 aromatic carbocycles. The Labute approximate surface area is 131 Å². The number of nitrogens with zero attached hydrogens (tertiary/aromatic N) is 1. The highest BCUT2D eigenvalue weighted by molar-refractivity contribution is 7.11. The van der Waals surface area contributed by atoms with Gasteiger partial charge in [-0.3, -0.25) is 0 Å². The summed E-state index contributed by atoms with van der Waals surface area (Å²) >= 11 is 1.67. The standard InChI is InChI=1S/C17H24N2OS/c1-11-8-12(2)13(3)14(9-11)20-7-6-16-19-10-15(21-16)17(4,5)18/h8-10H,6-7,18H2,1-5H3. The van der Waals surface area contributed by atoms with Gasteiger partial charge in [0.2, 0.25) is 0 Å². The summed E-state index contributed by atoms with van der Waals surface area (Å²) < 4.78 is 5.93. The summed E-state index contributed by atoms with van der Waals surface area (Å²) in [5.41, 5.74) is 9.48. The molecule has 114 valence electrons. The van der Waals surface area contributed by atoms with E-state index in [1.54, 1.807) is 11.3 Å². The van der Waals surface area contributed by atoms with E-state index >= 15 is 0 Å². The molecule has 1 aromatic heterocycles. The molecular weight excluding hydrogens is 280 g/mol. The van der Waals surface area contributed by atoms with Crippen LogP contribution in [-0.2, 0) is 12.0 Å². The molecule has 21 heavy (non-hydrogen) atoms. The van der Waals surface area contributed by atoms with Gasteiger partial charge in [-0.15, -0.1) is 11.3 Å². The van der Waals surface area contributed by atoms with E-state index in [9.17, 15) is 0 Å². The lowest BCUT2D eigenvalue weighted by Crippen LogP contribution is -2.27. The Morgan fingerprint density at radius 2 is 1.95 bits per heavy atom. The van der Waals surface area contributed by atoms with Crippen molar-refractivity contribution in [3.63, 3.8) is 0 Å². The van der Waals surface area contributed by atoms with Crippen LogP contribution < -0.4 is 10.5 Å². The van der Waals surface area contributed by atoms with Crippen molar-refractivity contribution in [2.24, 2.45) is 5.73 Å². The summed E-state index contributed by atoms with van der Waals surface area (Å²) in [4.78, 5) is 5.54. The first-order chi connectivity index (χ1) is 9.77. The van der Waals surface area contributed by atoms with Gasteiger partial charge in [0.15, 0.2) is 0 Å². The maximum atomic E-state index is 6.08. The highest BCUT2D eigenvalue weighted by Crippen LogP contribution is 2.25. The number of aromatic nitrogens is 1. The summed E-state index contributed by atoms with van der Waals surface area (Å²) in [6.45, 7) is 10.9. The van der Waals surface area contributed by atoms with Crippen LogP contribution in [0.5, 0.6) is 5.75 Å². The zero-order chi connectivity index (χ0) is 15.6. The third kappa shape index (κ3) is 4.05. The fraction of sp³-hybridized carbons (Fsp3) is 0.471. The molecule has 0 aliphatic rings. The largest absolute Gasteiger partial charge is 0.493 e. The van der Waals surface area contributed by atoms with E-state index < -0.39 is 0 Å². The lowest BCUT2D eigenvalue weighted by molar-refractivity contribution is 0.319. The van der Waals surface area contributed by atoms with Gasteiger partial charge in [-0.1, -0.05) is 6.07 Å². The maximum Gasteiger partial charge on any atom is 0.122 e. The third-order valence-electron chi connectivity index (χ3n) is 3.53. The van der Waals surface area contributed by atoms with Gasteiger partial charge in [0.25, 0.3) is 0 Å². The Hall–Kier alpha value is -1.39. The molecule has 0 unspecified atom stereocenters. The molecule has 2 rings (SSSR count). The van der Waals surface area contributed by atoms with Crippen LogP contribution in [-0.4, -0.2) is 11.6 Å². The van der Waals surface area contributed by atoms with Crippen LogP contribution >= 0.6 is 11.3 Å². The number of benzene rings is 1. The van der Waals surface area contributed by atoms with E-state index in [-0.39, 0.29) is 5.54 Å². The Bertz CT molecular complexity index is 626. The normalized spacial score (nSPS) is 11.7. The summed E-state index contributed by atoms with van der Waals surface area (Å²) in [5, 5.41) is 1.07. The monoisotopic (exact) mass is 304 g/mol. The van der Waals surface area contributed by atoms with Crippen molar-refractivity contribution in [2.45, 2.75) is 46.6 Å². The molecule has 0 amide bonds. The molecule has 3 nitrogen and oxygen atoms in total. The molecule has 1 heterocycles. The van der Waals surface area contributed by atoms with Gasteiger partial charge in [0.1, 0.15) is 5.75 Å². The van der Waals surface area contributed by atoms with Crippen LogP contribution in [0.4, 0.5) is 0 Å². The van der Waals surface area contributed by atoms with Crippen molar-refractivity contribution in [1.82, 2.24) is 4.98 Å². The van der Waals surface area contributed by atoms with Gasteiger partial charge < -0.3 is 10.5 Å². The smallest absolute Gasteiger partial charge is 0.122 e. The van der Waals surface area contributed by atoms with E-state index in [1.165, 1.54) is 16.7 Å². The molecule has 0 atom stereocenters. The van der Waals surface area contributed by atoms with Crippen LogP contribution in [0.25, 0.3) is 0 Å². The molecule has 0 fully saturated rings. The number of hydrogen-bond acceptors (Lipinski definition) is 4. The fourth-order valence-corrected chi connectivity index (χ4v) is 3.04. The topological polar surface area (TPSA) is 48.1 Å². The fourth-order valence-electron chi connectivity index (χ4n) is 2.12. The summed E-state index contributed by atoms with van der Waals surface area (Å²) in [6, 6.07) is 4.28. The average molecular weight is 304 g/mol. The number of nitrogens with two attached hydrogens (primary N) is 1. The minimum absolute atomic E-state index is 0.318. The van der Waals surface area contributed by atoms with Gasteiger partial charge in [0, 0.05) is 23.0 Å². The van der Waals surface area contributed by atoms with E-state index in [4.69, 9.17) is 10.5 Å². The average Bonchev–Trinajstić information content (AvgIpc) is 2.83. The Morgan fingerprint density at radius 1 is 1.24 bits per heavy atom. The second-order valence-electron chi connectivity index (χ2n) is 6.14. The van der Waals surface area contributed by atoms with Crippen molar-refractivity contribution in [2.75, 3.05) is 6.61 Å². The molecule has 0 spiro atoms. The second-order valence-corrected chi connectivity index (χ2v) is 7.26. The highest BCUT2D eigenvalue weighted by Gasteiger charge is 2.17. The van der Waals surface area contributed by atoms with E-state index in [2.05, 4.69) is 37.9 Å². The highest BCUT2D eigenvalue weighted by atomic mass is 32.1. The van der Waals surface area contributed by atoms with Crippen LogP contribution in [0.3, 0.4) is 0 Å². The van der Waals surface area contributed by atoms with E-state index in [1.807, 2.05) is 20.0 Å². The summed E-state index contributed by atoms with van der Waals surface area (Å²) in [5.74, 6) is 0.975. The maximum absolute atomic E-state index is 6.08. The second kappa shape index (κ2) is 6.16. The predicted octanol–water partition coefficient (Wildman–Crippen LogP) is 3.88. The summed E-state index contributed by atoms with van der Waals surface area (Å²) in [6.07, 6.45) is 2.69. The molecule has 0 saturated carbocycles. The van der Waals surface area contributed by atoms with Crippen LogP contribution in [0.2, 0.25) is 0 Å². The molecule has 0 bridgehead atoms. The Morgan fingerprint density at radius 3 is 2.57 bits per heavy atom. The van der Waals surface area contributed by atoms with Crippen molar-refractivity contribution >= 4 is 11.3 Å². The van der Waals surface area contributed by atoms with Crippen molar-refractivity contribution in [3.05, 3.63) is 44.9 Å². The molecule has 4 heteroatoms. The van der Waals surface area contributed by atoms with Crippen molar-refractivity contribution < 1.29 is 4.74 Å². The van der Waals surface area contributed by atoms with Gasteiger partial charge in [-0.25, -0.2) is 4.98 Å². The zero-order valence-electron chi connectivity index (χ0n) is 13.5. The Balaban J connectivity index is 1.97. The van der Waals surface area contributed by atoms with Crippen LogP contribution in [0.15, 0.2) is 18.3 Å². The SMILES string of the molecule is Cc1cc(C)c(C)c(OCCc2ncc(C(C)(C)N)s2)c1. The first-order valence-electron chi connectivity index (χ1n) is 7.22. The minimum atomic E-state index is -0.318. The van der Waals surface area contributed by atoms with Crippen molar-refractivity contribution in [3.8, 4) is 5.75 Å². The molecule has 0 saturated heterocycles. The third-order valence-corrected chi connectivity index (χ3v) is 4.92. The lowest BCUT2D eigenvalue weighted by Gasteiger charge is -2.14. The number of hydrogen-bond donors (Lipinski definition) is 1. The predicted molar refractivity (Wildman–Crippen MR) is 89.2 cm³/mol. The molecule has 0 radical (unpaired) electrons.